The summed E-state index contributed by atoms with van der Waals surface area (Å²) >= 11 is 5.01. The van der Waals surface area contributed by atoms with E-state index in [2.05, 4.69) is 21.4 Å². The smallest absolute Gasteiger partial charge is 0.253 e. The van der Waals surface area contributed by atoms with Crippen molar-refractivity contribution in [2.24, 2.45) is 11.8 Å². The predicted molar refractivity (Wildman–Crippen MR) is 115 cm³/mol. The largest absolute Gasteiger partial charge is 0.337 e. The van der Waals surface area contributed by atoms with Crippen molar-refractivity contribution in [3.05, 3.63) is 62.8 Å². The van der Waals surface area contributed by atoms with Crippen LogP contribution in [0.1, 0.15) is 28.1 Å². The van der Waals surface area contributed by atoms with E-state index in [1.807, 2.05) is 24.3 Å². The fourth-order valence-corrected chi connectivity index (χ4v) is 5.26. The van der Waals surface area contributed by atoms with E-state index in [1.165, 1.54) is 5.01 Å². The first-order valence-corrected chi connectivity index (χ1v) is 10.9. The van der Waals surface area contributed by atoms with Gasteiger partial charge in [-0.15, -0.1) is 11.3 Å². The highest BCUT2D eigenvalue weighted by Gasteiger charge is 2.42. The Bertz CT molecular complexity index is 1000. The Morgan fingerprint density at radius 2 is 1.97 bits per heavy atom. The van der Waals surface area contributed by atoms with Crippen LogP contribution in [0.3, 0.4) is 0 Å². The lowest BCUT2D eigenvalue weighted by Crippen LogP contribution is -2.59. The van der Waals surface area contributed by atoms with Gasteiger partial charge in [0.25, 0.3) is 5.91 Å². The van der Waals surface area contributed by atoms with Crippen molar-refractivity contribution >= 4 is 50.7 Å². The fourth-order valence-electron chi connectivity index (χ4n) is 3.72. The predicted octanol–water partition coefficient (Wildman–Crippen LogP) is 3.74. The van der Waals surface area contributed by atoms with Crippen LogP contribution in [0.5, 0.6) is 0 Å². The highest BCUT2D eigenvalue weighted by Crippen LogP contribution is 2.32. The monoisotopic (exact) mass is 473 g/mol. The molecule has 1 fully saturated rings. The summed E-state index contributed by atoms with van der Waals surface area (Å²) in [7, 11) is 1.75. The molecule has 1 aliphatic heterocycles. The van der Waals surface area contributed by atoms with Crippen molar-refractivity contribution < 1.29 is 14.4 Å². The molecule has 6 nitrogen and oxygen atoms in total. The van der Waals surface area contributed by atoms with Crippen molar-refractivity contribution in [1.29, 1.82) is 0 Å². The van der Waals surface area contributed by atoms with Crippen molar-refractivity contribution in [1.82, 2.24) is 10.3 Å². The second kappa shape index (κ2) is 8.12. The SMILES string of the molecule is CN(Cc1ccc(Br)s1)C(=O)c1cccc(N2NC(=O)C3CC=CCC3C2=O)c1. The fraction of sp³-hybridized carbons (Fsp3) is 0.286. The van der Waals surface area contributed by atoms with Crippen LogP contribution < -0.4 is 10.4 Å². The van der Waals surface area contributed by atoms with Crippen LogP contribution in [0.25, 0.3) is 0 Å². The van der Waals surface area contributed by atoms with E-state index in [-0.39, 0.29) is 29.6 Å². The van der Waals surface area contributed by atoms with Gasteiger partial charge in [-0.25, -0.2) is 5.01 Å². The lowest BCUT2D eigenvalue weighted by Gasteiger charge is -2.38. The zero-order valence-corrected chi connectivity index (χ0v) is 18.2. The molecule has 0 radical (unpaired) electrons. The third-order valence-electron chi connectivity index (χ3n) is 5.25. The first kappa shape index (κ1) is 19.8. The number of hydrogen-bond acceptors (Lipinski definition) is 4. The van der Waals surface area contributed by atoms with Gasteiger partial charge in [0.1, 0.15) is 0 Å². The van der Waals surface area contributed by atoms with Gasteiger partial charge in [0, 0.05) is 17.5 Å². The number of nitrogens with zero attached hydrogens (tertiary/aromatic N) is 2. The molecule has 1 saturated heterocycles. The van der Waals surface area contributed by atoms with Gasteiger partial charge in [0.2, 0.25) is 11.8 Å². The number of anilines is 1. The van der Waals surface area contributed by atoms with Gasteiger partial charge in [-0.05, 0) is 59.1 Å². The number of nitrogens with one attached hydrogen (secondary N) is 1. The Labute approximate surface area is 181 Å². The van der Waals surface area contributed by atoms with Crippen LogP contribution in [0.2, 0.25) is 0 Å². The van der Waals surface area contributed by atoms with Crippen molar-refractivity contribution in [3.63, 3.8) is 0 Å². The molecule has 1 aromatic heterocycles. The number of fused-ring (bicyclic) bond motifs is 1. The molecule has 0 saturated carbocycles. The first-order chi connectivity index (χ1) is 13.9. The average molecular weight is 474 g/mol. The van der Waals surface area contributed by atoms with Gasteiger partial charge >= 0.3 is 0 Å². The Hall–Kier alpha value is -2.45. The number of rotatable bonds is 4. The summed E-state index contributed by atoms with van der Waals surface area (Å²) in [5.74, 6) is -1.11. The number of thiophene rings is 1. The number of benzene rings is 1. The normalized spacial score (nSPS) is 21.0. The summed E-state index contributed by atoms with van der Waals surface area (Å²) in [6.45, 7) is 0.495. The minimum Gasteiger partial charge on any atom is -0.337 e. The number of hydrazine groups is 1. The highest BCUT2D eigenvalue weighted by atomic mass is 79.9. The van der Waals surface area contributed by atoms with Gasteiger partial charge in [-0.3, -0.25) is 19.8 Å². The minimum atomic E-state index is -0.354. The molecule has 2 heterocycles. The van der Waals surface area contributed by atoms with Crippen LogP contribution in [-0.4, -0.2) is 29.7 Å². The number of halogens is 1. The standard InChI is InChI=1S/C21H20BrN3O3S/c1-24(12-15-9-10-18(22)29-15)20(27)13-5-4-6-14(11-13)25-21(28)17-8-3-2-7-16(17)19(26)23-25/h2-6,9-11,16-17H,7-8,12H2,1H3,(H,23,26). The maximum Gasteiger partial charge on any atom is 0.253 e. The molecule has 0 spiro atoms. The lowest BCUT2D eigenvalue weighted by molar-refractivity contribution is -0.139. The Kier molecular flexibility index (Phi) is 5.56. The number of amides is 3. The molecule has 8 heteroatoms. The van der Waals surface area contributed by atoms with Crippen molar-refractivity contribution in [2.75, 3.05) is 12.1 Å². The molecule has 2 unspecified atom stereocenters. The molecule has 3 amide bonds. The van der Waals surface area contributed by atoms with Gasteiger partial charge < -0.3 is 4.90 Å². The summed E-state index contributed by atoms with van der Waals surface area (Å²) in [5.41, 5.74) is 3.66. The summed E-state index contributed by atoms with van der Waals surface area (Å²) in [5, 5.41) is 1.29. The molecule has 4 rings (SSSR count). The number of hydrogen-bond donors (Lipinski definition) is 1. The third kappa shape index (κ3) is 4.00. The highest BCUT2D eigenvalue weighted by molar-refractivity contribution is 9.11. The molecule has 150 valence electrons. The number of carbonyl (C=O) groups excluding carboxylic acids is 3. The first-order valence-electron chi connectivity index (χ1n) is 9.33. The van der Waals surface area contributed by atoms with E-state index < -0.39 is 0 Å². The molecular formula is C21H20BrN3O3S. The van der Waals surface area contributed by atoms with Gasteiger partial charge in [-0.2, -0.15) is 0 Å². The van der Waals surface area contributed by atoms with Crippen LogP contribution >= 0.6 is 27.3 Å². The molecular weight excluding hydrogens is 454 g/mol. The molecule has 0 bridgehead atoms. The molecule has 29 heavy (non-hydrogen) atoms. The van der Waals surface area contributed by atoms with E-state index in [1.54, 1.807) is 47.5 Å². The summed E-state index contributed by atoms with van der Waals surface area (Å²) < 4.78 is 1.02. The average Bonchev–Trinajstić information content (AvgIpc) is 3.14. The summed E-state index contributed by atoms with van der Waals surface area (Å²) in [4.78, 5) is 41.0. The minimum absolute atomic E-state index is 0.139. The maximum absolute atomic E-state index is 12.9. The van der Waals surface area contributed by atoms with E-state index >= 15 is 0 Å². The van der Waals surface area contributed by atoms with Crippen LogP contribution in [-0.2, 0) is 16.1 Å². The van der Waals surface area contributed by atoms with Crippen LogP contribution in [0, 0.1) is 11.8 Å². The van der Waals surface area contributed by atoms with E-state index in [0.29, 0.717) is 30.6 Å². The number of allylic oxidation sites excluding steroid dienone is 2. The third-order valence-corrected chi connectivity index (χ3v) is 6.86. The molecule has 2 aromatic rings. The second-order valence-corrected chi connectivity index (χ2v) is 9.77. The zero-order valence-electron chi connectivity index (χ0n) is 15.8. The quantitative estimate of drug-likeness (QED) is 0.687. The second-order valence-electron chi connectivity index (χ2n) is 7.22. The zero-order chi connectivity index (χ0) is 20.5. The van der Waals surface area contributed by atoms with Crippen LogP contribution in [0.15, 0.2) is 52.3 Å². The Balaban J connectivity index is 1.53. The summed E-state index contributed by atoms with van der Waals surface area (Å²) in [6, 6.07) is 10.8. The van der Waals surface area contributed by atoms with Gasteiger partial charge in [0.15, 0.2) is 0 Å². The topological polar surface area (TPSA) is 69.7 Å². The van der Waals surface area contributed by atoms with Crippen molar-refractivity contribution in [3.8, 4) is 0 Å². The molecule has 1 aromatic carbocycles. The molecule has 1 N–H and O–H groups in total. The Morgan fingerprint density at radius 3 is 2.69 bits per heavy atom. The van der Waals surface area contributed by atoms with E-state index in [9.17, 15) is 14.4 Å². The van der Waals surface area contributed by atoms with Crippen molar-refractivity contribution in [2.45, 2.75) is 19.4 Å². The van der Waals surface area contributed by atoms with E-state index in [4.69, 9.17) is 0 Å². The Morgan fingerprint density at radius 1 is 1.21 bits per heavy atom. The molecule has 2 aliphatic rings. The lowest BCUT2D eigenvalue weighted by atomic mass is 9.80. The van der Waals surface area contributed by atoms with Gasteiger partial charge in [-0.1, -0.05) is 18.2 Å². The molecule has 1 aliphatic carbocycles. The maximum atomic E-state index is 12.9. The van der Waals surface area contributed by atoms with E-state index in [0.717, 1.165) is 8.66 Å². The number of carbonyl (C=O) groups is 3. The van der Waals surface area contributed by atoms with Crippen LogP contribution in [0.4, 0.5) is 5.69 Å². The van der Waals surface area contributed by atoms with Gasteiger partial charge in [0.05, 0.1) is 27.9 Å². The summed E-state index contributed by atoms with van der Waals surface area (Å²) in [6.07, 6.45) is 5.04. The molecule has 2 atom stereocenters.